The van der Waals surface area contributed by atoms with Gasteiger partial charge in [0.2, 0.25) is 12.3 Å². The maximum absolute atomic E-state index is 14.0. The second-order valence-corrected chi connectivity index (χ2v) is 10.3. The highest BCUT2D eigenvalue weighted by atomic mass is 32.2. The van der Waals surface area contributed by atoms with Gasteiger partial charge in [0, 0.05) is 17.5 Å². The van der Waals surface area contributed by atoms with Gasteiger partial charge in [-0.25, -0.2) is 0 Å². The lowest BCUT2D eigenvalue weighted by Gasteiger charge is -2.33. The van der Waals surface area contributed by atoms with Crippen molar-refractivity contribution in [2.45, 2.75) is 61.0 Å². The lowest BCUT2D eigenvalue weighted by Crippen LogP contribution is -2.50. The van der Waals surface area contributed by atoms with Crippen molar-refractivity contribution in [3.05, 3.63) is 59.7 Å². The number of hydrogen-bond acceptors (Lipinski definition) is 7. The van der Waals surface area contributed by atoms with E-state index < -0.39 is 18.7 Å². The Morgan fingerprint density at radius 3 is 2.66 bits per heavy atom. The summed E-state index contributed by atoms with van der Waals surface area (Å²) in [4.78, 5) is 26.1. The number of amides is 2. The Bertz CT molecular complexity index is 1040. The zero-order valence-electron chi connectivity index (χ0n) is 20.0. The van der Waals surface area contributed by atoms with E-state index in [1.165, 1.54) is 0 Å². The number of rotatable bonds is 10. The molecule has 2 aromatic carbocycles. The third kappa shape index (κ3) is 5.35. The maximum atomic E-state index is 14.0. The SMILES string of the molecule is CN1Sc2ccccc2C(NC(=O)C2(B(O)O[C@H](CCCN)NC=O)CCCC2)c2ccccc21. The number of benzene rings is 2. The summed E-state index contributed by atoms with van der Waals surface area (Å²) in [6.07, 6.45) is 3.57. The van der Waals surface area contributed by atoms with Gasteiger partial charge in [0.1, 0.15) is 6.23 Å². The maximum Gasteiger partial charge on any atom is 0.472 e. The van der Waals surface area contributed by atoms with Crippen LogP contribution in [0.1, 0.15) is 55.7 Å². The summed E-state index contributed by atoms with van der Waals surface area (Å²) >= 11 is 1.62. The van der Waals surface area contributed by atoms with Crippen LogP contribution in [0, 0.1) is 0 Å². The molecule has 10 heteroatoms. The molecule has 35 heavy (non-hydrogen) atoms. The van der Waals surface area contributed by atoms with Crippen LogP contribution in [0.25, 0.3) is 0 Å². The molecule has 0 aromatic heterocycles. The molecule has 0 saturated heterocycles. The van der Waals surface area contributed by atoms with E-state index in [1.807, 2.05) is 49.5 Å². The van der Waals surface area contributed by atoms with E-state index in [2.05, 4.69) is 21.0 Å². The molecule has 186 valence electrons. The van der Waals surface area contributed by atoms with Gasteiger partial charge in [0.25, 0.3) is 0 Å². The van der Waals surface area contributed by atoms with Gasteiger partial charge in [-0.05, 0) is 61.9 Å². The highest BCUT2D eigenvalue weighted by Gasteiger charge is 2.53. The number of hydrogen-bond donors (Lipinski definition) is 4. The highest BCUT2D eigenvalue weighted by Crippen LogP contribution is 2.49. The van der Waals surface area contributed by atoms with Crippen molar-refractivity contribution in [3.63, 3.8) is 0 Å². The van der Waals surface area contributed by atoms with Crippen LogP contribution in [0.3, 0.4) is 0 Å². The molecule has 1 heterocycles. The Hall–Kier alpha value is -2.53. The summed E-state index contributed by atoms with van der Waals surface area (Å²) in [6, 6.07) is 15.7. The fourth-order valence-corrected chi connectivity index (χ4v) is 6.05. The van der Waals surface area contributed by atoms with E-state index in [0.717, 1.165) is 34.6 Å². The van der Waals surface area contributed by atoms with Crippen molar-refractivity contribution in [2.24, 2.45) is 5.73 Å². The number of anilines is 1. The molecule has 4 rings (SSSR count). The number of fused-ring (bicyclic) bond motifs is 2. The minimum absolute atomic E-state index is 0.240. The smallest absolute Gasteiger partial charge is 0.426 e. The van der Waals surface area contributed by atoms with Gasteiger partial charge < -0.3 is 30.4 Å². The minimum atomic E-state index is -1.35. The first kappa shape index (κ1) is 25.6. The van der Waals surface area contributed by atoms with Gasteiger partial charge in [-0.2, -0.15) is 0 Å². The topological polar surface area (TPSA) is 117 Å². The summed E-state index contributed by atoms with van der Waals surface area (Å²) in [7, 11) is 0.663. The Morgan fingerprint density at radius 2 is 1.94 bits per heavy atom. The van der Waals surface area contributed by atoms with Gasteiger partial charge in [-0.3, -0.25) is 9.59 Å². The van der Waals surface area contributed by atoms with E-state index >= 15 is 0 Å². The largest absolute Gasteiger partial charge is 0.472 e. The van der Waals surface area contributed by atoms with Crippen molar-refractivity contribution >= 4 is 37.1 Å². The number of carbonyl (C=O) groups excluding carboxylic acids is 2. The highest BCUT2D eigenvalue weighted by molar-refractivity contribution is 8.00. The molecular weight excluding hydrogens is 463 g/mol. The molecular formula is C25H33BN4O4S. The molecule has 2 amide bonds. The van der Waals surface area contributed by atoms with Crippen LogP contribution in [0.15, 0.2) is 53.4 Å². The number of nitrogens with zero attached hydrogens (tertiary/aromatic N) is 1. The van der Waals surface area contributed by atoms with Crippen molar-refractivity contribution in [1.29, 1.82) is 0 Å². The fourth-order valence-electron chi connectivity index (χ4n) is 5.06. The van der Waals surface area contributed by atoms with Crippen LogP contribution in [-0.4, -0.2) is 44.3 Å². The monoisotopic (exact) mass is 496 g/mol. The van der Waals surface area contributed by atoms with Gasteiger partial charge in [-0.1, -0.05) is 49.2 Å². The van der Waals surface area contributed by atoms with Gasteiger partial charge in [-0.15, -0.1) is 0 Å². The molecule has 0 bridgehead atoms. The summed E-state index contributed by atoms with van der Waals surface area (Å²) in [5.41, 5.74) is 8.63. The van der Waals surface area contributed by atoms with Crippen LogP contribution in [0.4, 0.5) is 5.69 Å². The molecule has 1 fully saturated rings. The lowest BCUT2D eigenvalue weighted by atomic mass is 9.55. The molecule has 2 aliphatic rings. The molecule has 1 aliphatic heterocycles. The van der Waals surface area contributed by atoms with Crippen LogP contribution in [0.2, 0.25) is 5.31 Å². The lowest BCUT2D eigenvalue weighted by molar-refractivity contribution is -0.125. The quantitative estimate of drug-likeness (QED) is 0.173. The standard InChI is InChI=1S/C25H33BN4O4S/c1-30-20-11-4-2-9-18(20)23(19-10-3-5-12-21(19)35-30)29-24(32)25(14-6-7-15-25)26(33)34-22(28-17-31)13-8-16-27/h2-5,9-12,17,22-23,33H,6-8,13-16,27H2,1H3,(H,28,31)(H,29,32)/t22-,23?/m1/s1. The van der Waals surface area contributed by atoms with Crippen LogP contribution < -0.4 is 20.7 Å². The Morgan fingerprint density at radius 1 is 1.26 bits per heavy atom. The first-order chi connectivity index (χ1) is 17.0. The predicted molar refractivity (Wildman–Crippen MR) is 139 cm³/mol. The molecule has 1 unspecified atom stereocenters. The molecule has 2 aromatic rings. The summed E-state index contributed by atoms with van der Waals surface area (Å²) < 4.78 is 7.96. The number of nitrogens with one attached hydrogen (secondary N) is 2. The summed E-state index contributed by atoms with van der Waals surface area (Å²) in [5.74, 6) is -0.240. The van der Waals surface area contributed by atoms with Crippen molar-refractivity contribution in [2.75, 3.05) is 17.9 Å². The fraction of sp³-hybridized carbons (Fsp3) is 0.440. The molecule has 5 N–H and O–H groups in total. The second kappa shape index (κ2) is 11.5. The molecule has 2 atom stereocenters. The zero-order valence-corrected chi connectivity index (χ0v) is 20.8. The second-order valence-electron chi connectivity index (χ2n) is 9.15. The van der Waals surface area contributed by atoms with E-state index in [-0.39, 0.29) is 11.9 Å². The van der Waals surface area contributed by atoms with Crippen molar-refractivity contribution in [3.8, 4) is 0 Å². The Balaban J connectivity index is 1.64. The molecule has 1 aliphatic carbocycles. The van der Waals surface area contributed by atoms with Gasteiger partial charge in [0.05, 0.1) is 17.0 Å². The normalized spacial score (nSPS) is 19.2. The third-order valence-electron chi connectivity index (χ3n) is 6.97. The van der Waals surface area contributed by atoms with Crippen molar-refractivity contribution < 1.29 is 19.3 Å². The molecule has 0 radical (unpaired) electrons. The minimum Gasteiger partial charge on any atom is -0.426 e. The number of carbonyl (C=O) groups is 2. The van der Waals surface area contributed by atoms with Crippen molar-refractivity contribution in [1.82, 2.24) is 10.6 Å². The Labute approximate surface area is 211 Å². The molecule has 1 saturated carbocycles. The first-order valence-electron chi connectivity index (χ1n) is 12.1. The van der Waals surface area contributed by atoms with Crippen LogP contribution in [0.5, 0.6) is 0 Å². The number of para-hydroxylation sites is 1. The van der Waals surface area contributed by atoms with E-state index in [9.17, 15) is 14.6 Å². The average molecular weight is 496 g/mol. The van der Waals surface area contributed by atoms with E-state index in [4.69, 9.17) is 10.4 Å². The summed E-state index contributed by atoms with van der Waals surface area (Å²) in [6.45, 7) is 0.440. The van der Waals surface area contributed by atoms with Crippen LogP contribution >= 0.6 is 11.9 Å². The Kier molecular flexibility index (Phi) is 8.38. The molecule has 0 spiro atoms. The zero-order chi connectivity index (χ0) is 24.8. The third-order valence-corrected chi connectivity index (χ3v) is 8.01. The van der Waals surface area contributed by atoms with Gasteiger partial charge in [0.15, 0.2) is 0 Å². The van der Waals surface area contributed by atoms with Gasteiger partial charge >= 0.3 is 7.12 Å². The number of nitrogens with two attached hydrogens (primary N) is 1. The predicted octanol–water partition coefficient (Wildman–Crippen LogP) is 2.97. The van der Waals surface area contributed by atoms with Crippen LogP contribution in [-0.2, 0) is 14.2 Å². The molecule has 8 nitrogen and oxygen atoms in total. The summed E-state index contributed by atoms with van der Waals surface area (Å²) in [5, 5.41) is 16.0. The first-order valence-corrected chi connectivity index (χ1v) is 12.9. The van der Waals surface area contributed by atoms with E-state index in [1.54, 1.807) is 11.9 Å². The average Bonchev–Trinajstić information content (AvgIpc) is 3.34. The van der Waals surface area contributed by atoms with E-state index in [0.29, 0.717) is 38.6 Å².